The van der Waals surface area contributed by atoms with Crippen LogP contribution in [0.25, 0.3) is 0 Å². The Bertz CT molecular complexity index is 270. The Labute approximate surface area is 93.6 Å². The zero-order valence-electron chi connectivity index (χ0n) is 9.83. The van der Waals surface area contributed by atoms with Crippen molar-refractivity contribution in [2.24, 2.45) is 5.92 Å². The molecule has 1 fully saturated rings. The first-order chi connectivity index (χ1) is 7.01. The smallest absolute Gasteiger partial charge is 0.147 e. The molecule has 0 saturated heterocycles. The molecule has 1 saturated carbocycles. The average Bonchev–Trinajstić information content (AvgIpc) is 2.05. The highest BCUT2D eigenvalue weighted by molar-refractivity contribution is 7.90. The molecule has 1 rings (SSSR count). The van der Waals surface area contributed by atoms with Crippen LogP contribution in [0, 0.1) is 5.92 Å². The Kier molecular flexibility index (Phi) is 5.06. The van der Waals surface area contributed by atoms with E-state index in [-0.39, 0.29) is 0 Å². The van der Waals surface area contributed by atoms with E-state index < -0.39 is 9.84 Å². The van der Waals surface area contributed by atoms with E-state index in [1.165, 1.54) is 31.9 Å². The van der Waals surface area contributed by atoms with E-state index in [0.717, 1.165) is 18.8 Å². The Morgan fingerprint density at radius 3 is 2.47 bits per heavy atom. The molecule has 0 amide bonds. The highest BCUT2D eigenvalue weighted by atomic mass is 32.2. The van der Waals surface area contributed by atoms with Gasteiger partial charge in [-0.1, -0.05) is 19.3 Å². The zero-order valence-corrected chi connectivity index (χ0v) is 10.6. The van der Waals surface area contributed by atoms with Crippen molar-refractivity contribution >= 4 is 9.84 Å². The van der Waals surface area contributed by atoms with Gasteiger partial charge < -0.3 is 5.32 Å². The van der Waals surface area contributed by atoms with Gasteiger partial charge in [-0.2, -0.15) is 0 Å². The van der Waals surface area contributed by atoms with Gasteiger partial charge in [0.1, 0.15) is 9.84 Å². The van der Waals surface area contributed by atoms with Crippen LogP contribution in [0.3, 0.4) is 0 Å². The van der Waals surface area contributed by atoms with Gasteiger partial charge in [0.05, 0.1) is 0 Å². The van der Waals surface area contributed by atoms with Gasteiger partial charge in [0.2, 0.25) is 0 Å². The van der Waals surface area contributed by atoms with E-state index in [9.17, 15) is 8.42 Å². The second-order valence-corrected chi connectivity index (χ2v) is 7.05. The summed E-state index contributed by atoms with van der Waals surface area (Å²) >= 11 is 0. The summed E-state index contributed by atoms with van der Waals surface area (Å²) in [4.78, 5) is 0. The van der Waals surface area contributed by atoms with Gasteiger partial charge in [0.25, 0.3) is 0 Å². The minimum Gasteiger partial charge on any atom is -0.317 e. The summed E-state index contributed by atoms with van der Waals surface area (Å²) < 4.78 is 21.9. The van der Waals surface area contributed by atoms with Crippen molar-refractivity contribution in [2.45, 2.75) is 44.6 Å². The molecule has 0 aromatic rings. The molecule has 1 N–H and O–H groups in total. The average molecular weight is 233 g/mol. The maximum absolute atomic E-state index is 11.0. The fourth-order valence-corrected chi connectivity index (χ4v) is 2.79. The fourth-order valence-electron chi connectivity index (χ4n) is 2.10. The number of rotatable bonds is 7. The van der Waals surface area contributed by atoms with Crippen LogP contribution < -0.4 is 5.32 Å². The van der Waals surface area contributed by atoms with Gasteiger partial charge in [-0.3, -0.25) is 0 Å². The van der Waals surface area contributed by atoms with Crippen molar-refractivity contribution < 1.29 is 8.42 Å². The van der Waals surface area contributed by atoms with Crippen molar-refractivity contribution in [2.75, 3.05) is 19.1 Å². The fraction of sp³-hybridized carbons (Fsp3) is 1.00. The first-order valence-corrected chi connectivity index (χ1v) is 7.92. The van der Waals surface area contributed by atoms with Gasteiger partial charge >= 0.3 is 0 Å². The molecule has 90 valence electrons. The van der Waals surface area contributed by atoms with Gasteiger partial charge in [-0.25, -0.2) is 8.42 Å². The van der Waals surface area contributed by atoms with Crippen molar-refractivity contribution in [3.8, 4) is 0 Å². The molecule has 0 aromatic carbocycles. The Morgan fingerprint density at radius 2 is 2.07 bits per heavy atom. The number of hydrogen-bond donors (Lipinski definition) is 1. The topological polar surface area (TPSA) is 46.2 Å². The van der Waals surface area contributed by atoms with Crippen LogP contribution in [0.5, 0.6) is 0 Å². The molecule has 1 aliphatic carbocycles. The minimum atomic E-state index is -2.78. The molecule has 15 heavy (non-hydrogen) atoms. The van der Waals surface area contributed by atoms with Crippen LogP contribution in [-0.4, -0.2) is 33.5 Å². The molecule has 0 bridgehead atoms. The maximum atomic E-state index is 11.0. The van der Waals surface area contributed by atoms with E-state index in [1.807, 2.05) is 7.05 Å². The van der Waals surface area contributed by atoms with Crippen molar-refractivity contribution in [3.05, 3.63) is 0 Å². The maximum Gasteiger partial charge on any atom is 0.147 e. The molecule has 1 unspecified atom stereocenters. The van der Waals surface area contributed by atoms with E-state index in [2.05, 4.69) is 5.32 Å². The van der Waals surface area contributed by atoms with E-state index in [4.69, 9.17) is 0 Å². The lowest BCUT2D eigenvalue weighted by molar-refractivity contribution is 0.258. The highest BCUT2D eigenvalue weighted by Crippen LogP contribution is 2.31. The molecule has 1 atom stereocenters. The summed E-state index contributed by atoms with van der Waals surface area (Å²) in [5.41, 5.74) is 0. The highest BCUT2D eigenvalue weighted by Gasteiger charge is 2.21. The van der Waals surface area contributed by atoms with Crippen molar-refractivity contribution in [1.29, 1.82) is 0 Å². The van der Waals surface area contributed by atoms with Gasteiger partial charge in [-0.05, 0) is 32.2 Å². The summed E-state index contributed by atoms with van der Waals surface area (Å²) in [6, 6.07) is 0.511. The van der Waals surface area contributed by atoms with Crippen LogP contribution in [-0.2, 0) is 9.84 Å². The van der Waals surface area contributed by atoms with E-state index in [1.54, 1.807) is 0 Å². The Balaban J connectivity index is 2.15. The summed E-state index contributed by atoms with van der Waals surface area (Å²) in [6.07, 6.45) is 8.42. The second-order valence-electron chi connectivity index (χ2n) is 4.79. The molecule has 0 aromatic heterocycles. The third kappa shape index (κ3) is 5.52. The van der Waals surface area contributed by atoms with Crippen molar-refractivity contribution in [3.63, 3.8) is 0 Å². The lowest BCUT2D eigenvalue weighted by atomic mass is 9.80. The quantitative estimate of drug-likeness (QED) is 0.726. The molecule has 4 heteroatoms. The lowest BCUT2D eigenvalue weighted by Crippen LogP contribution is -2.30. The minimum absolute atomic E-state index is 0.329. The Hall–Kier alpha value is -0.0900. The van der Waals surface area contributed by atoms with Gasteiger partial charge in [0, 0.05) is 18.1 Å². The van der Waals surface area contributed by atoms with Crippen LogP contribution in [0.15, 0.2) is 0 Å². The van der Waals surface area contributed by atoms with Crippen LogP contribution in [0.2, 0.25) is 0 Å². The Morgan fingerprint density at radius 1 is 1.40 bits per heavy atom. The predicted molar refractivity (Wildman–Crippen MR) is 63.8 cm³/mol. The third-order valence-electron chi connectivity index (χ3n) is 3.32. The summed E-state index contributed by atoms with van der Waals surface area (Å²) in [5, 5.41) is 3.29. The predicted octanol–water partition coefficient (Wildman–Crippen LogP) is 1.59. The molecule has 3 nitrogen and oxygen atoms in total. The SMILES string of the molecule is CNC(CCCS(C)(=O)=O)CC1CCC1. The number of nitrogens with one attached hydrogen (secondary N) is 1. The summed E-state index contributed by atoms with van der Waals surface area (Å²) in [7, 11) is -0.800. The number of hydrogen-bond acceptors (Lipinski definition) is 3. The van der Waals surface area contributed by atoms with E-state index >= 15 is 0 Å². The van der Waals surface area contributed by atoms with Crippen LogP contribution in [0.4, 0.5) is 0 Å². The standard InChI is InChI=1S/C11H23NO2S/c1-12-11(9-10-5-3-6-10)7-4-8-15(2,13)14/h10-12H,3-9H2,1-2H3. The van der Waals surface area contributed by atoms with E-state index in [0.29, 0.717) is 11.8 Å². The molecular weight excluding hydrogens is 210 g/mol. The van der Waals surface area contributed by atoms with Crippen LogP contribution >= 0.6 is 0 Å². The lowest BCUT2D eigenvalue weighted by Gasteiger charge is -2.29. The summed E-state index contributed by atoms with van der Waals surface area (Å²) in [6.45, 7) is 0. The van der Waals surface area contributed by atoms with Crippen molar-refractivity contribution in [1.82, 2.24) is 5.32 Å². The number of sulfone groups is 1. The molecule has 0 heterocycles. The first kappa shape index (κ1) is 13.0. The van der Waals surface area contributed by atoms with Gasteiger partial charge in [0.15, 0.2) is 0 Å². The molecule has 0 radical (unpaired) electrons. The first-order valence-electron chi connectivity index (χ1n) is 5.86. The normalized spacial score (nSPS) is 19.9. The molecular formula is C11H23NO2S. The molecule has 0 aliphatic heterocycles. The van der Waals surface area contributed by atoms with Gasteiger partial charge in [-0.15, -0.1) is 0 Å². The second kappa shape index (κ2) is 5.85. The molecule has 0 spiro atoms. The largest absolute Gasteiger partial charge is 0.317 e. The summed E-state index contributed by atoms with van der Waals surface area (Å²) in [5.74, 6) is 1.22. The third-order valence-corrected chi connectivity index (χ3v) is 4.35. The molecule has 1 aliphatic rings. The van der Waals surface area contributed by atoms with Crippen LogP contribution in [0.1, 0.15) is 38.5 Å². The monoisotopic (exact) mass is 233 g/mol. The zero-order chi connectivity index (χ0) is 11.3.